The maximum Gasteiger partial charge on any atom is 0.141 e. The topological polar surface area (TPSA) is 48.1 Å². The summed E-state index contributed by atoms with van der Waals surface area (Å²) >= 11 is 0. The highest BCUT2D eigenvalue weighted by Crippen LogP contribution is 2.40. The first kappa shape index (κ1) is 13.3. The maximum atomic E-state index is 6.45. The first-order chi connectivity index (χ1) is 8.63. The van der Waals surface area contributed by atoms with Crippen molar-refractivity contribution in [2.45, 2.75) is 39.2 Å². The summed E-state index contributed by atoms with van der Waals surface area (Å²) in [7, 11) is 1.68. The van der Waals surface area contributed by atoms with Crippen LogP contribution in [0.3, 0.4) is 0 Å². The lowest BCUT2D eigenvalue weighted by molar-refractivity contribution is 0.184. The highest BCUT2D eigenvalue weighted by molar-refractivity contribution is 5.33. The van der Waals surface area contributed by atoms with Crippen LogP contribution in [0.15, 0.2) is 18.5 Å². The minimum atomic E-state index is 0.0675. The van der Waals surface area contributed by atoms with Crippen molar-refractivity contribution >= 4 is 0 Å². The molecule has 0 aliphatic heterocycles. The molecule has 2 N–H and O–H groups in total. The van der Waals surface area contributed by atoms with Gasteiger partial charge < -0.3 is 10.5 Å². The summed E-state index contributed by atoms with van der Waals surface area (Å²) < 4.78 is 5.36. The minimum Gasteiger partial charge on any atom is -0.495 e. The molecule has 3 nitrogen and oxygen atoms in total. The van der Waals surface area contributed by atoms with Crippen molar-refractivity contribution in [3.8, 4) is 5.75 Å². The molecule has 0 saturated heterocycles. The molecule has 0 amide bonds. The second-order valence-corrected chi connectivity index (χ2v) is 5.67. The van der Waals surface area contributed by atoms with Gasteiger partial charge in [-0.05, 0) is 36.7 Å². The lowest BCUT2D eigenvalue weighted by Crippen LogP contribution is -2.29. The van der Waals surface area contributed by atoms with Gasteiger partial charge in [0.15, 0.2) is 0 Å². The number of nitrogens with zero attached hydrogens (tertiary/aromatic N) is 1. The smallest absolute Gasteiger partial charge is 0.141 e. The molecule has 1 heterocycles. The molecule has 1 saturated carbocycles. The average molecular weight is 248 g/mol. The van der Waals surface area contributed by atoms with Crippen LogP contribution in [0.4, 0.5) is 0 Å². The summed E-state index contributed by atoms with van der Waals surface area (Å²) in [5, 5.41) is 0. The van der Waals surface area contributed by atoms with Crippen LogP contribution in [0.5, 0.6) is 5.75 Å². The number of ether oxygens (including phenoxy) is 1. The van der Waals surface area contributed by atoms with Crippen LogP contribution in [0.25, 0.3) is 0 Å². The van der Waals surface area contributed by atoms with E-state index in [1.54, 1.807) is 19.5 Å². The number of methoxy groups -OCH3 is 1. The van der Waals surface area contributed by atoms with E-state index in [1.807, 2.05) is 6.07 Å². The Morgan fingerprint density at radius 3 is 2.78 bits per heavy atom. The van der Waals surface area contributed by atoms with E-state index < -0.39 is 0 Å². The molecule has 1 fully saturated rings. The van der Waals surface area contributed by atoms with Crippen molar-refractivity contribution in [2.24, 2.45) is 23.5 Å². The largest absolute Gasteiger partial charge is 0.495 e. The van der Waals surface area contributed by atoms with Crippen LogP contribution in [0, 0.1) is 17.8 Å². The summed E-state index contributed by atoms with van der Waals surface area (Å²) in [5.74, 6) is 2.97. The Morgan fingerprint density at radius 1 is 1.33 bits per heavy atom. The second-order valence-electron chi connectivity index (χ2n) is 5.67. The molecule has 4 atom stereocenters. The predicted octanol–water partition coefficient (Wildman–Crippen LogP) is 3.16. The molecule has 0 spiro atoms. The summed E-state index contributed by atoms with van der Waals surface area (Å²) in [5.41, 5.74) is 7.54. The van der Waals surface area contributed by atoms with Crippen LogP contribution in [0.1, 0.15) is 44.7 Å². The van der Waals surface area contributed by atoms with Gasteiger partial charge in [-0.3, -0.25) is 4.98 Å². The van der Waals surface area contributed by atoms with Gasteiger partial charge >= 0.3 is 0 Å². The van der Waals surface area contributed by atoms with Crippen molar-refractivity contribution in [1.82, 2.24) is 4.98 Å². The molecule has 2 rings (SSSR count). The van der Waals surface area contributed by atoms with Gasteiger partial charge in [0.05, 0.1) is 13.3 Å². The van der Waals surface area contributed by atoms with Crippen molar-refractivity contribution in [1.29, 1.82) is 0 Å². The van der Waals surface area contributed by atoms with Gasteiger partial charge in [-0.15, -0.1) is 0 Å². The highest BCUT2D eigenvalue weighted by Gasteiger charge is 2.30. The third-order valence-electron chi connectivity index (χ3n) is 4.54. The molecule has 1 aliphatic rings. The average Bonchev–Trinajstić information content (AvgIpc) is 2.41. The molecule has 1 aromatic rings. The summed E-state index contributed by atoms with van der Waals surface area (Å²) in [6, 6.07) is 2.06. The molecular weight excluding hydrogens is 224 g/mol. The molecule has 100 valence electrons. The van der Waals surface area contributed by atoms with Crippen LogP contribution in [-0.2, 0) is 0 Å². The van der Waals surface area contributed by atoms with E-state index in [0.29, 0.717) is 5.92 Å². The fraction of sp³-hybridized carbons (Fsp3) is 0.667. The van der Waals surface area contributed by atoms with E-state index in [9.17, 15) is 0 Å². The van der Waals surface area contributed by atoms with E-state index in [2.05, 4.69) is 18.8 Å². The number of aromatic nitrogens is 1. The molecule has 0 aromatic carbocycles. The van der Waals surface area contributed by atoms with Gasteiger partial charge in [0, 0.05) is 17.8 Å². The molecule has 1 aromatic heterocycles. The van der Waals surface area contributed by atoms with Gasteiger partial charge in [0.2, 0.25) is 0 Å². The van der Waals surface area contributed by atoms with Crippen molar-refractivity contribution in [3.63, 3.8) is 0 Å². The van der Waals surface area contributed by atoms with Crippen LogP contribution < -0.4 is 10.5 Å². The normalized spacial score (nSPS) is 29.9. The Kier molecular flexibility index (Phi) is 4.23. The first-order valence-corrected chi connectivity index (χ1v) is 6.87. The molecule has 1 aliphatic carbocycles. The molecule has 0 bridgehead atoms. The second kappa shape index (κ2) is 5.70. The van der Waals surface area contributed by atoms with Crippen LogP contribution in [-0.4, -0.2) is 12.1 Å². The lowest BCUT2D eigenvalue weighted by atomic mass is 9.72. The maximum absolute atomic E-state index is 6.45. The SMILES string of the molecule is COc1cnccc1C(N)C1CCC(C)C(C)C1. The van der Waals surface area contributed by atoms with Crippen molar-refractivity contribution in [2.75, 3.05) is 7.11 Å². The number of hydrogen-bond donors (Lipinski definition) is 1. The molecule has 0 radical (unpaired) electrons. The van der Waals surface area contributed by atoms with E-state index in [0.717, 1.165) is 23.1 Å². The Balaban J connectivity index is 2.13. The summed E-state index contributed by atoms with van der Waals surface area (Å²) in [6.07, 6.45) is 7.27. The van der Waals surface area contributed by atoms with Crippen LogP contribution >= 0.6 is 0 Å². The van der Waals surface area contributed by atoms with E-state index in [4.69, 9.17) is 10.5 Å². The van der Waals surface area contributed by atoms with E-state index in [-0.39, 0.29) is 6.04 Å². The molecule has 4 unspecified atom stereocenters. The Morgan fingerprint density at radius 2 is 2.11 bits per heavy atom. The monoisotopic (exact) mass is 248 g/mol. The number of pyridine rings is 1. The number of hydrogen-bond acceptors (Lipinski definition) is 3. The zero-order valence-corrected chi connectivity index (χ0v) is 11.6. The standard InChI is InChI=1S/C15H24N2O/c1-10-4-5-12(8-11(10)2)15(16)13-6-7-17-9-14(13)18-3/h6-7,9-12,15H,4-5,8,16H2,1-3H3. The first-order valence-electron chi connectivity index (χ1n) is 6.87. The van der Waals surface area contributed by atoms with Crippen LogP contribution in [0.2, 0.25) is 0 Å². The van der Waals surface area contributed by atoms with Gasteiger partial charge in [0.25, 0.3) is 0 Å². The number of rotatable bonds is 3. The predicted molar refractivity (Wildman–Crippen MR) is 73.4 cm³/mol. The van der Waals surface area contributed by atoms with Gasteiger partial charge in [-0.2, -0.15) is 0 Å². The Bertz CT molecular complexity index is 394. The van der Waals surface area contributed by atoms with Gasteiger partial charge in [-0.25, -0.2) is 0 Å². The van der Waals surface area contributed by atoms with Crippen molar-refractivity contribution in [3.05, 3.63) is 24.0 Å². The fourth-order valence-corrected chi connectivity index (χ4v) is 3.01. The Hall–Kier alpha value is -1.09. The Labute approximate surface area is 110 Å². The van der Waals surface area contributed by atoms with E-state index >= 15 is 0 Å². The summed E-state index contributed by atoms with van der Waals surface area (Å²) in [6.45, 7) is 4.69. The zero-order chi connectivity index (χ0) is 13.1. The van der Waals surface area contributed by atoms with E-state index in [1.165, 1.54) is 19.3 Å². The zero-order valence-electron chi connectivity index (χ0n) is 11.6. The fourth-order valence-electron chi connectivity index (χ4n) is 3.01. The quantitative estimate of drug-likeness (QED) is 0.893. The molecule has 18 heavy (non-hydrogen) atoms. The van der Waals surface area contributed by atoms with Gasteiger partial charge in [0.1, 0.15) is 5.75 Å². The molecule has 3 heteroatoms. The van der Waals surface area contributed by atoms with Gasteiger partial charge in [-0.1, -0.05) is 20.3 Å². The summed E-state index contributed by atoms with van der Waals surface area (Å²) in [4.78, 5) is 4.09. The third kappa shape index (κ3) is 2.66. The lowest BCUT2D eigenvalue weighted by Gasteiger charge is -2.35. The molecular formula is C15H24N2O. The minimum absolute atomic E-state index is 0.0675. The highest BCUT2D eigenvalue weighted by atomic mass is 16.5. The number of nitrogens with two attached hydrogens (primary N) is 1. The third-order valence-corrected chi connectivity index (χ3v) is 4.54. The van der Waals surface area contributed by atoms with Crippen molar-refractivity contribution < 1.29 is 4.74 Å².